The van der Waals surface area contributed by atoms with Crippen LogP contribution in [0.2, 0.25) is 0 Å². The number of hydrogen-bond acceptors (Lipinski definition) is 7. The van der Waals surface area contributed by atoms with Crippen molar-refractivity contribution in [2.24, 2.45) is 4.99 Å². The Balaban J connectivity index is 1.46. The van der Waals surface area contributed by atoms with Crippen LogP contribution in [-0.2, 0) is 4.79 Å². The van der Waals surface area contributed by atoms with Gasteiger partial charge in [-0.3, -0.25) is 14.2 Å². The molecule has 0 saturated heterocycles. The molecule has 0 aliphatic carbocycles. The number of carbonyl (C=O) groups excluding carboxylic acids is 1. The number of nitriles is 1. The van der Waals surface area contributed by atoms with E-state index in [-0.39, 0.29) is 11.5 Å². The fourth-order valence-corrected chi connectivity index (χ4v) is 5.96. The molecule has 0 radical (unpaired) electrons. The Hall–Kier alpha value is -5.46. The van der Waals surface area contributed by atoms with Crippen molar-refractivity contribution in [2.75, 3.05) is 12.4 Å². The first-order chi connectivity index (χ1) is 20.5. The van der Waals surface area contributed by atoms with E-state index in [1.54, 1.807) is 73.2 Å². The second kappa shape index (κ2) is 11.2. The van der Waals surface area contributed by atoms with Crippen LogP contribution in [-0.4, -0.2) is 17.6 Å². The molecule has 1 aliphatic rings. The maximum absolute atomic E-state index is 14.0. The van der Waals surface area contributed by atoms with Gasteiger partial charge in [-0.15, -0.1) is 0 Å². The van der Waals surface area contributed by atoms with E-state index in [4.69, 9.17) is 9.15 Å². The summed E-state index contributed by atoms with van der Waals surface area (Å²) in [6.45, 7) is 1.78. The zero-order valence-corrected chi connectivity index (χ0v) is 23.5. The average Bonchev–Trinajstić information content (AvgIpc) is 3.60. The minimum Gasteiger partial charge on any atom is -0.497 e. The summed E-state index contributed by atoms with van der Waals surface area (Å²) in [7, 11) is 1.58. The first-order valence-electron chi connectivity index (χ1n) is 13.1. The lowest BCUT2D eigenvalue weighted by Crippen LogP contribution is -2.40. The van der Waals surface area contributed by atoms with Gasteiger partial charge in [0.15, 0.2) is 4.80 Å². The van der Waals surface area contributed by atoms with Gasteiger partial charge in [-0.1, -0.05) is 53.8 Å². The fraction of sp³-hybridized carbons (Fsp3) is 0.0909. The molecular formula is C33H24N4O4S. The summed E-state index contributed by atoms with van der Waals surface area (Å²) < 4.78 is 13.3. The summed E-state index contributed by atoms with van der Waals surface area (Å²) in [4.78, 5) is 32.8. The van der Waals surface area contributed by atoms with Gasteiger partial charge in [-0.05, 0) is 61.0 Å². The number of rotatable bonds is 6. The van der Waals surface area contributed by atoms with Gasteiger partial charge in [0.1, 0.15) is 17.3 Å². The van der Waals surface area contributed by atoms with Crippen molar-refractivity contribution in [2.45, 2.75) is 13.0 Å². The summed E-state index contributed by atoms with van der Waals surface area (Å²) in [5, 5.41) is 12.4. The van der Waals surface area contributed by atoms with Gasteiger partial charge in [0.2, 0.25) is 0 Å². The lowest BCUT2D eigenvalue weighted by Gasteiger charge is -2.25. The maximum Gasteiger partial charge on any atom is 0.271 e. The van der Waals surface area contributed by atoms with Crippen molar-refractivity contribution >= 4 is 29.0 Å². The molecule has 6 rings (SSSR count). The highest BCUT2D eigenvalue weighted by Crippen LogP contribution is 2.32. The third kappa shape index (κ3) is 4.96. The molecule has 8 nitrogen and oxygen atoms in total. The lowest BCUT2D eigenvalue weighted by molar-refractivity contribution is -0.113. The van der Waals surface area contributed by atoms with Crippen LogP contribution in [0.3, 0.4) is 0 Å². The summed E-state index contributed by atoms with van der Waals surface area (Å²) in [5.41, 5.74) is 3.14. The molecule has 2 aromatic heterocycles. The van der Waals surface area contributed by atoms with E-state index in [0.29, 0.717) is 54.7 Å². The van der Waals surface area contributed by atoms with E-state index in [1.807, 2.05) is 42.5 Å². The quantitative estimate of drug-likeness (QED) is 0.308. The van der Waals surface area contributed by atoms with Crippen LogP contribution in [0.15, 0.2) is 116 Å². The van der Waals surface area contributed by atoms with E-state index < -0.39 is 6.04 Å². The van der Waals surface area contributed by atoms with Crippen molar-refractivity contribution in [3.8, 4) is 23.1 Å². The minimum absolute atomic E-state index is 0.299. The monoisotopic (exact) mass is 572 g/mol. The van der Waals surface area contributed by atoms with E-state index in [0.717, 1.165) is 5.56 Å². The second-order valence-electron chi connectivity index (χ2n) is 9.53. The number of aromatic nitrogens is 1. The molecular weight excluding hydrogens is 548 g/mol. The zero-order valence-electron chi connectivity index (χ0n) is 22.7. The van der Waals surface area contributed by atoms with Crippen molar-refractivity contribution in [1.29, 1.82) is 5.26 Å². The van der Waals surface area contributed by atoms with E-state index in [9.17, 15) is 14.9 Å². The molecule has 0 spiro atoms. The molecule has 1 amide bonds. The molecule has 0 fully saturated rings. The Kier molecular flexibility index (Phi) is 7.13. The largest absolute Gasteiger partial charge is 0.497 e. The number of fused-ring (bicyclic) bond motifs is 1. The highest BCUT2D eigenvalue weighted by atomic mass is 32.1. The third-order valence-corrected chi connectivity index (χ3v) is 7.93. The number of methoxy groups -OCH3 is 1. The van der Waals surface area contributed by atoms with Crippen molar-refractivity contribution in [3.63, 3.8) is 0 Å². The van der Waals surface area contributed by atoms with Crippen LogP contribution in [0.4, 0.5) is 5.69 Å². The molecule has 0 unspecified atom stereocenters. The van der Waals surface area contributed by atoms with E-state index in [2.05, 4.69) is 16.4 Å². The Morgan fingerprint density at radius 1 is 1.05 bits per heavy atom. The van der Waals surface area contributed by atoms with Gasteiger partial charge in [0.25, 0.3) is 11.5 Å². The number of para-hydroxylation sites is 1. The Morgan fingerprint density at radius 3 is 2.52 bits per heavy atom. The number of hydrogen-bond donors (Lipinski definition) is 1. The van der Waals surface area contributed by atoms with Gasteiger partial charge in [-0.25, -0.2) is 4.99 Å². The minimum atomic E-state index is -0.715. The standard InChI is InChI=1S/C33H24N4O4S/c1-20-29(31(38)36-23-9-4-3-5-10-23)30(21-12-14-24(40-2)15-13-21)37-32(39)28(42-33(37)35-20)18-25-16-17-27(41-25)26-11-7-6-8-22(26)19-34/h3-18,30H,1-2H3,(H,36,38)/b28-18+/t30-/m0/s1. The van der Waals surface area contributed by atoms with Crippen molar-refractivity contribution < 1.29 is 13.9 Å². The number of anilines is 1. The highest BCUT2D eigenvalue weighted by molar-refractivity contribution is 7.07. The van der Waals surface area contributed by atoms with Gasteiger partial charge < -0.3 is 14.5 Å². The molecule has 1 atom stereocenters. The van der Waals surface area contributed by atoms with Crippen LogP contribution in [0, 0.1) is 11.3 Å². The number of amides is 1. The Morgan fingerprint density at radius 2 is 1.79 bits per heavy atom. The smallest absolute Gasteiger partial charge is 0.271 e. The first-order valence-corrected chi connectivity index (χ1v) is 13.9. The zero-order chi connectivity index (χ0) is 29.2. The summed E-state index contributed by atoms with van der Waals surface area (Å²) in [6.07, 6.45) is 1.66. The number of nitrogens with one attached hydrogen (secondary N) is 1. The Labute approximate surface area is 244 Å². The SMILES string of the molecule is COc1ccc([C@H]2C(C(=O)Nc3ccccc3)=C(C)N=c3s/c(=C/c4ccc(-c5ccccc5C#N)o4)c(=O)n32)cc1. The molecule has 0 bridgehead atoms. The lowest BCUT2D eigenvalue weighted by atomic mass is 9.95. The van der Waals surface area contributed by atoms with Crippen LogP contribution >= 0.6 is 11.3 Å². The predicted molar refractivity (Wildman–Crippen MR) is 161 cm³/mol. The maximum atomic E-state index is 14.0. The van der Waals surface area contributed by atoms with E-state index >= 15 is 0 Å². The molecule has 1 N–H and O–H groups in total. The van der Waals surface area contributed by atoms with Crippen molar-refractivity contribution in [3.05, 3.63) is 139 Å². The number of carbonyl (C=O) groups is 1. The molecule has 1 aliphatic heterocycles. The molecule has 206 valence electrons. The van der Waals surface area contributed by atoms with Crippen LogP contribution in [0.5, 0.6) is 5.75 Å². The van der Waals surface area contributed by atoms with Gasteiger partial charge in [0, 0.05) is 17.3 Å². The molecule has 0 saturated carbocycles. The summed E-state index contributed by atoms with van der Waals surface area (Å²) in [6, 6.07) is 28.6. The molecule has 42 heavy (non-hydrogen) atoms. The third-order valence-electron chi connectivity index (χ3n) is 6.94. The summed E-state index contributed by atoms with van der Waals surface area (Å²) in [5.74, 6) is 1.30. The van der Waals surface area contributed by atoms with Gasteiger partial charge >= 0.3 is 0 Å². The van der Waals surface area contributed by atoms with Crippen LogP contribution in [0.25, 0.3) is 17.4 Å². The number of benzene rings is 3. The van der Waals surface area contributed by atoms with Gasteiger partial charge in [-0.2, -0.15) is 5.26 Å². The predicted octanol–water partition coefficient (Wildman–Crippen LogP) is 5.01. The molecule has 9 heteroatoms. The van der Waals surface area contributed by atoms with Crippen LogP contribution < -0.4 is 24.9 Å². The highest BCUT2D eigenvalue weighted by Gasteiger charge is 2.32. The van der Waals surface area contributed by atoms with Crippen molar-refractivity contribution in [1.82, 2.24) is 4.57 Å². The molecule has 3 heterocycles. The second-order valence-corrected chi connectivity index (χ2v) is 10.5. The summed E-state index contributed by atoms with van der Waals surface area (Å²) >= 11 is 1.22. The normalized spacial score (nSPS) is 14.6. The van der Waals surface area contributed by atoms with E-state index in [1.165, 1.54) is 11.3 Å². The fourth-order valence-electron chi connectivity index (χ4n) is 4.93. The molecule has 5 aromatic rings. The number of ether oxygens (including phenoxy) is 1. The van der Waals surface area contributed by atoms with Crippen LogP contribution in [0.1, 0.15) is 29.9 Å². The Bertz CT molecular complexity index is 2060. The number of thiazole rings is 1. The van der Waals surface area contributed by atoms with Gasteiger partial charge in [0.05, 0.1) is 40.6 Å². The topological polar surface area (TPSA) is 110 Å². The number of nitrogens with zero attached hydrogens (tertiary/aromatic N) is 3. The number of allylic oxidation sites excluding steroid dienone is 1. The number of furan rings is 1. The molecule has 3 aromatic carbocycles. The first kappa shape index (κ1) is 26.7. The average molecular weight is 573 g/mol.